The van der Waals surface area contributed by atoms with Crippen LogP contribution in [-0.4, -0.2) is 28.0 Å². The average molecular weight is 266 g/mol. The molecule has 0 aromatic carbocycles. The van der Waals surface area contributed by atoms with Crippen LogP contribution >= 0.6 is 7.60 Å². The summed E-state index contributed by atoms with van der Waals surface area (Å²) in [7, 11) is -2.94. The van der Waals surface area contributed by atoms with E-state index in [4.69, 9.17) is 0 Å². The third-order valence-corrected chi connectivity index (χ3v) is 4.98. The molecule has 0 amide bonds. The molecule has 5 nitrogen and oxygen atoms in total. The number of hydrogen-bond acceptors (Lipinski definition) is 3. The van der Waals surface area contributed by atoms with Crippen molar-refractivity contribution < 1.29 is 23.9 Å². The van der Waals surface area contributed by atoms with Gasteiger partial charge in [0.25, 0.3) is 0 Å². The van der Waals surface area contributed by atoms with Crippen LogP contribution in [0, 0.1) is 0 Å². The molecule has 0 fully saturated rings. The van der Waals surface area contributed by atoms with Crippen molar-refractivity contribution in [2.45, 2.75) is 57.5 Å². The van der Waals surface area contributed by atoms with Crippen molar-refractivity contribution in [2.75, 3.05) is 7.11 Å². The second-order valence-corrected chi connectivity index (χ2v) is 6.38. The monoisotopic (exact) mass is 266 g/mol. The van der Waals surface area contributed by atoms with Crippen LogP contribution in [0.5, 0.6) is 0 Å². The highest BCUT2D eigenvalue weighted by molar-refractivity contribution is 7.53. The lowest BCUT2D eigenvalue weighted by molar-refractivity contribution is -0.140. The second kappa shape index (κ2) is 7.14. The van der Waals surface area contributed by atoms with E-state index < -0.39 is 18.7 Å². The first-order valence-corrected chi connectivity index (χ1v) is 7.56. The lowest BCUT2D eigenvalue weighted by Gasteiger charge is -2.33. The van der Waals surface area contributed by atoms with Gasteiger partial charge in [0, 0.05) is 6.42 Å². The smallest absolute Gasteiger partial charge is 0.331 e. The lowest BCUT2D eigenvalue weighted by Crippen LogP contribution is -2.30. The Morgan fingerprint density at radius 3 is 1.94 bits per heavy atom. The van der Waals surface area contributed by atoms with Crippen LogP contribution < -0.4 is 0 Å². The lowest BCUT2D eigenvalue weighted by atomic mass is 9.92. The van der Waals surface area contributed by atoms with Crippen molar-refractivity contribution in [1.29, 1.82) is 0 Å². The van der Waals surface area contributed by atoms with Crippen LogP contribution in [0.1, 0.15) is 52.4 Å². The topological polar surface area (TPSA) is 83.8 Å². The number of carbonyl (C=O) groups is 1. The molecule has 0 atom stereocenters. The summed E-state index contributed by atoms with van der Waals surface area (Å²) < 4.78 is 16.2. The summed E-state index contributed by atoms with van der Waals surface area (Å²) in [6, 6.07) is 0. The molecule has 0 spiro atoms. The Morgan fingerprint density at radius 2 is 1.65 bits per heavy atom. The Balaban J connectivity index is 4.91. The molecule has 102 valence electrons. The first kappa shape index (κ1) is 16.6. The molecule has 0 aromatic heterocycles. The molecule has 0 bridgehead atoms. The minimum absolute atomic E-state index is 0.0572. The summed E-state index contributed by atoms with van der Waals surface area (Å²) in [6.07, 6.45) is 2.48. The van der Waals surface area contributed by atoms with Crippen LogP contribution in [0.15, 0.2) is 0 Å². The van der Waals surface area contributed by atoms with Gasteiger partial charge in [-0.05, 0) is 19.3 Å². The van der Waals surface area contributed by atoms with Crippen molar-refractivity contribution in [3.05, 3.63) is 0 Å². The summed E-state index contributed by atoms with van der Waals surface area (Å²) in [5.74, 6) is -0.421. The van der Waals surface area contributed by atoms with Crippen LogP contribution in [0.4, 0.5) is 0 Å². The maximum absolute atomic E-state index is 11.7. The maximum atomic E-state index is 11.7. The molecular weight excluding hydrogens is 243 g/mol. The molecule has 0 rings (SSSR count). The largest absolute Gasteiger partial charge is 0.469 e. The standard InChI is InChI=1S/C11H23O5P/c1-4-7-11(8-5-2,17(13,14)15)9-6-10(12)16-3/h4-9H2,1-3H3,(H2,13,14,15). The van der Waals surface area contributed by atoms with E-state index in [0.29, 0.717) is 25.7 Å². The molecule has 0 radical (unpaired) electrons. The molecule has 0 aliphatic carbocycles. The molecular formula is C11H23O5P. The third kappa shape index (κ3) is 4.78. The van der Waals surface area contributed by atoms with Gasteiger partial charge >= 0.3 is 13.6 Å². The molecule has 2 N–H and O–H groups in total. The predicted octanol–water partition coefficient (Wildman–Crippen LogP) is 2.46. The van der Waals surface area contributed by atoms with Gasteiger partial charge in [-0.25, -0.2) is 0 Å². The second-order valence-electron chi connectivity index (χ2n) is 4.34. The first-order valence-electron chi connectivity index (χ1n) is 5.95. The van der Waals surface area contributed by atoms with E-state index in [1.165, 1.54) is 7.11 Å². The van der Waals surface area contributed by atoms with Gasteiger partial charge in [-0.15, -0.1) is 0 Å². The van der Waals surface area contributed by atoms with Gasteiger partial charge in [0.1, 0.15) is 0 Å². The zero-order chi connectivity index (χ0) is 13.5. The van der Waals surface area contributed by atoms with E-state index in [2.05, 4.69) is 4.74 Å². The summed E-state index contributed by atoms with van der Waals surface area (Å²) in [4.78, 5) is 30.2. The molecule has 0 aliphatic heterocycles. The number of esters is 1. The summed E-state index contributed by atoms with van der Waals surface area (Å²) >= 11 is 0. The molecule has 0 saturated heterocycles. The van der Waals surface area contributed by atoms with Crippen molar-refractivity contribution in [1.82, 2.24) is 0 Å². The number of ether oxygens (including phenoxy) is 1. The minimum Gasteiger partial charge on any atom is -0.469 e. The van der Waals surface area contributed by atoms with E-state index in [-0.39, 0.29) is 12.8 Å². The number of rotatable bonds is 8. The molecule has 0 saturated carbocycles. The molecule has 6 heteroatoms. The van der Waals surface area contributed by atoms with E-state index in [1.807, 2.05) is 13.8 Å². The van der Waals surface area contributed by atoms with Gasteiger partial charge in [0.2, 0.25) is 0 Å². The Morgan fingerprint density at radius 1 is 1.18 bits per heavy atom. The number of carbonyl (C=O) groups excluding carboxylic acids is 1. The van der Waals surface area contributed by atoms with E-state index in [0.717, 1.165) is 0 Å². The van der Waals surface area contributed by atoms with Crippen molar-refractivity contribution in [2.24, 2.45) is 0 Å². The average Bonchev–Trinajstić information content (AvgIpc) is 2.24. The van der Waals surface area contributed by atoms with Crippen molar-refractivity contribution in [3.63, 3.8) is 0 Å². The Hall–Kier alpha value is -0.380. The van der Waals surface area contributed by atoms with Crippen molar-refractivity contribution in [3.8, 4) is 0 Å². The Bertz CT molecular complexity index is 278. The highest BCUT2D eigenvalue weighted by Gasteiger charge is 2.45. The molecule has 0 unspecified atom stereocenters. The Labute approximate surface area is 103 Å². The fraction of sp³-hybridized carbons (Fsp3) is 0.909. The van der Waals surface area contributed by atoms with Crippen molar-refractivity contribution >= 4 is 13.6 Å². The SMILES string of the molecule is CCCC(CCC)(CCC(=O)OC)P(=O)(O)O. The number of methoxy groups -OCH3 is 1. The van der Waals surface area contributed by atoms with Gasteiger partial charge in [-0.1, -0.05) is 26.7 Å². The maximum Gasteiger partial charge on any atom is 0.331 e. The molecule has 17 heavy (non-hydrogen) atoms. The fourth-order valence-electron chi connectivity index (χ4n) is 2.18. The third-order valence-electron chi connectivity index (χ3n) is 3.07. The predicted molar refractivity (Wildman–Crippen MR) is 65.8 cm³/mol. The van der Waals surface area contributed by atoms with Gasteiger partial charge < -0.3 is 14.5 Å². The zero-order valence-corrected chi connectivity index (χ0v) is 11.7. The quantitative estimate of drug-likeness (QED) is 0.520. The van der Waals surface area contributed by atoms with Crippen LogP contribution in [0.3, 0.4) is 0 Å². The van der Waals surface area contributed by atoms with E-state index >= 15 is 0 Å². The molecule has 0 aromatic rings. The summed E-state index contributed by atoms with van der Waals surface area (Å²) in [5.41, 5.74) is 0. The first-order chi connectivity index (χ1) is 7.83. The summed E-state index contributed by atoms with van der Waals surface area (Å²) in [6.45, 7) is 3.77. The van der Waals surface area contributed by atoms with E-state index in [1.54, 1.807) is 0 Å². The van der Waals surface area contributed by atoms with Gasteiger partial charge in [-0.2, -0.15) is 0 Å². The van der Waals surface area contributed by atoms with Gasteiger partial charge in [0.05, 0.1) is 12.3 Å². The highest BCUT2D eigenvalue weighted by Crippen LogP contribution is 2.58. The number of hydrogen-bond donors (Lipinski definition) is 2. The Kier molecular flexibility index (Phi) is 6.98. The van der Waals surface area contributed by atoms with Crippen LogP contribution in [0.25, 0.3) is 0 Å². The van der Waals surface area contributed by atoms with E-state index in [9.17, 15) is 19.1 Å². The fourth-order valence-corrected chi connectivity index (χ4v) is 3.61. The van der Waals surface area contributed by atoms with Gasteiger partial charge in [-0.3, -0.25) is 9.36 Å². The summed E-state index contributed by atoms with van der Waals surface area (Å²) in [5, 5.41) is -1.06. The highest BCUT2D eigenvalue weighted by atomic mass is 31.2. The van der Waals surface area contributed by atoms with Crippen LogP contribution in [0.2, 0.25) is 0 Å². The zero-order valence-electron chi connectivity index (χ0n) is 10.8. The van der Waals surface area contributed by atoms with Crippen LogP contribution in [-0.2, 0) is 14.1 Å². The molecule has 0 heterocycles. The van der Waals surface area contributed by atoms with Gasteiger partial charge in [0.15, 0.2) is 0 Å². The molecule has 0 aliphatic rings. The normalized spacial score (nSPS) is 12.5. The minimum atomic E-state index is -4.21.